The van der Waals surface area contributed by atoms with Gasteiger partial charge in [-0.2, -0.15) is 0 Å². The van der Waals surface area contributed by atoms with Crippen molar-refractivity contribution in [1.82, 2.24) is 9.55 Å². The van der Waals surface area contributed by atoms with Crippen molar-refractivity contribution in [3.8, 4) is 0 Å². The molecular formula is C13H16Cl2N2. The van der Waals surface area contributed by atoms with E-state index in [-0.39, 0.29) is 5.38 Å². The van der Waals surface area contributed by atoms with Gasteiger partial charge in [0.1, 0.15) is 5.82 Å². The van der Waals surface area contributed by atoms with Gasteiger partial charge in [-0.05, 0) is 31.5 Å². The molecule has 2 aromatic rings. The van der Waals surface area contributed by atoms with Crippen LogP contribution in [0.1, 0.15) is 37.9 Å². The lowest BCUT2D eigenvalue weighted by atomic mass is 10.3. The average molecular weight is 271 g/mol. The van der Waals surface area contributed by atoms with Crippen molar-refractivity contribution in [2.45, 2.75) is 38.6 Å². The number of benzene rings is 1. The Labute approximate surface area is 112 Å². The lowest BCUT2D eigenvalue weighted by Gasteiger charge is -2.09. The Morgan fingerprint density at radius 3 is 2.82 bits per heavy atom. The first kappa shape index (κ1) is 12.7. The van der Waals surface area contributed by atoms with E-state index < -0.39 is 0 Å². The Bertz CT molecular complexity index is 517. The van der Waals surface area contributed by atoms with Crippen LogP contribution in [-0.2, 0) is 6.54 Å². The summed E-state index contributed by atoms with van der Waals surface area (Å²) in [5.74, 6) is 0.928. The second-order valence-corrected chi connectivity index (χ2v) is 5.32. The summed E-state index contributed by atoms with van der Waals surface area (Å²) < 4.78 is 2.18. The van der Waals surface area contributed by atoms with Crippen LogP contribution in [0.4, 0.5) is 0 Å². The summed E-state index contributed by atoms with van der Waals surface area (Å²) in [5.41, 5.74) is 2.04. The summed E-state index contributed by atoms with van der Waals surface area (Å²) in [4.78, 5) is 4.58. The highest BCUT2D eigenvalue weighted by atomic mass is 35.5. The minimum atomic E-state index is -0.0852. The molecule has 0 aliphatic carbocycles. The molecule has 0 fully saturated rings. The molecule has 0 aliphatic rings. The molecule has 0 saturated carbocycles. The van der Waals surface area contributed by atoms with Crippen molar-refractivity contribution in [1.29, 1.82) is 0 Å². The Morgan fingerprint density at radius 1 is 1.41 bits per heavy atom. The molecule has 2 nitrogen and oxygen atoms in total. The van der Waals surface area contributed by atoms with Crippen LogP contribution in [0.5, 0.6) is 0 Å². The Kier molecular flexibility index (Phi) is 3.95. The summed E-state index contributed by atoms with van der Waals surface area (Å²) in [5, 5.41) is 0.655. The summed E-state index contributed by atoms with van der Waals surface area (Å²) in [6.07, 6.45) is 2.27. The highest BCUT2D eigenvalue weighted by molar-refractivity contribution is 6.31. The van der Waals surface area contributed by atoms with Crippen LogP contribution in [0.2, 0.25) is 5.02 Å². The molecule has 0 amide bonds. The lowest BCUT2D eigenvalue weighted by Crippen LogP contribution is -2.04. The number of unbranched alkanes of at least 4 members (excludes halogenated alkanes) is 1. The Morgan fingerprint density at radius 2 is 2.18 bits per heavy atom. The van der Waals surface area contributed by atoms with Crippen LogP contribution in [0.25, 0.3) is 11.0 Å². The number of halogens is 2. The third kappa shape index (κ3) is 2.58. The number of imidazole rings is 1. The van der Waals surface area contributed by atoms with Crippen molar-refractivity contribution in [3.63, 3.8) is 0 Å². The molecule has 1 aromatic carbocycles. The van der Waals surface area contributed by atoms with Crippen LogP contribution in [0.3, 0.4) is 0 Å². The summed E-state index contributed by atoms with van der Waals surface area (Å²) >= 11 is 12.2. The smallest absolute Gasteiger partial charge is 0.127 e. The van der Waals surface area contributed by atoms with Crippen LogP contribution >= 0.6 is 23.2 Å². The van der Waals surface area contributed by atoms with Gasteiger partial charge in [0, 0.05) is 11.6 Å². The number of alkyl halides is 1. The van der Waals surface area contributed by atoms with Crippen molar-refractivity contribution >= 4 is 34.2 Å². The molecule has 0 spiro atoms. The highest BCUT2D eigenvalue weighted by Gasteiger charge is 2.14. The summed E-state index contributed by atoms with van der Waals surface area (Å²) in [6.45, 7) is 5.07. The van der Waals surface area contributed by atoms with E-state index >= 15 is 0 Å². The minimum absolute atomic E-state index is 0.0852. The SMILES string of the molecule is CCCCn1c(C(C)Cl)nc2ccc(Cl)cc21. The molecule has 1 unspecified atom stereocenters. The maximum absolute atomic E-state index is 6.18. The molecule has 2 rings (SSSR count). The number of fused-ring (bicyclic) bond motifs is 1. The fraction of sp³-hybridized carbons (Fsp3) is 0.462. The Hall–Kier alpha value is -0.730. The zero-order chi connectivity index (χ0) is 12.4. The third-order valence-electron chi connectivity index (χ3n) is 2.83. The topological polar surface area (TPSA) is 17.8 Å². The molecule has 17 heavy (non-hydrogen) atoms. The summed E-state index contributed by atoms with van der Waals surface area (Å²) in [6, 6.07) is 5.77. The quantitative estimate of drug-likeness (QED) is 0.731. The molecule has 1 aromatic heterocycles. The Balaban J connectivity index is 2.56. The number of hydrogen-bond acceptors (Lipinski definition) is 1. The largest absolute Gasteiger partial charge is 0.327 e. The van der Waals surface area contributed by atoms with E-state index in [2.05, 4.69) is 16.5 Å². The van der Waals surface area contributed by atoms with Crippen molar-refractivity contribution in [3.05, 3.63) is 29.0 Å². The van der Waals surface area contributed by atoms with Gasteiger partial charge in [0.25, 0.3) is 0 Å². The maximum Gasteiger partial charge on any atom is 0.127 e. The van der Waals surface area contributed by atoms with Gasteiger partial charge in [-0.3, -0.25) is 0 Å². The van der Waals surface area contributed by atoms with Crippen molar-refractivity contribution < 1.29 is 0 Å². The van der Waals surface area contributed by atoms with Crippen LogP contribution in [0, 0.1) is 0 Å². The second kappa shape index (κ2) is 5.28. The van der Waals surface area contributed by atoms with Crippen LogP contribution in [0.15, 0.2) is 18.2 Å². The zero-order valence-corrected chi connectivity index (χ0v) is 11.6. The fourth-order valence-corrected chi connectivity index (χ4v) is 2.30. The van der Waals surface area contributed by atoms with Gasteiger partial charge in [-0.25, -0.2) is 4.98 Å². The van der Waals surface area contributed by atoms with Crippen LogP contribution in [-0.4, -0.2) is 9.55 Å². The average Bonchev–Trinajstić information content (AvgIpc) is 2.64. The van der Waals surface area contributed by atoms with Gasteiger partial charge >= 0.3 is 0 Å². The van der Waals surface area contributed by atoms with Crippen molar-refractivity contribution in [2.24, 2.45) is 0 Å². The fourth-order valence-electron chi connectivity index (χ4n) is 1.97. The standard InChI is InChI=1S/C13H16Cl2N2/c1-3-4-7-17-12-8-10(15)5-6-11(12)16-13(17)9(2)14/h5-6,8-9H,3-4,7H2,1-2H3. The molecule has 1 heterocycles. The molecule has 4 heteroatoms. The van der Waals surface area contributed by atoms with E-state index in [1.165, 1.54) is 0 Å². The van der Waals surface area contributed by atoms with E-state index in [0.29, 0.717) is 0 Å². The van der Waals surface area contributed by atoms with E-state index in [9.17, 15) is 0 Å². The van der Waals surface area contributed by atoms with Gasteiger partial charge < -0.3 is 4.57 Å². The minimum Gasteiger partial charge on any atom is -0.327 e. The number of rotatable bonds is 4. The van der Waals surface area contributed by atoms with E-state index in [1.54, 1.807) is 0 Å². The first-order valence-electron chi connectivity index (χ1n) is 5.93. The molecular weight excluding hydrogens is 255 g/mol. The number of nitrogens with zero attached hydrogens (tertiary/aromatic N) is 2. The zero-order valence-electron chi connectivity index (χ0n) is 10.1. The van der Waals surface area contributed by atoms with E-state index in [0.717, 1.165) is 41.3 Å². The predicted octanol–water partition coefficient (Wildman–Crippen LogP) is 4.79. The molecule has 0 radical (unpaired) electrons. The van der Waals surface area contributed by atoms with Gasteiger partial charge in [-0.1, -0.05) is 24.9 Å². The molecule has 1 atom stereocenters. The first-order chi connectivity index (χ1) is 8.13. The lowest BCUT2D eigenvalue weighted by molar-refractivity contribution is 0.616. The van der Waals surface area contributed by atoms with Gasteiger partial charge in [0.05, 0.1) is 16.4 Å². The number of aromatic nitrogens is 2. The molecule has 0 aliphatic heterocycles. The van der Waals surface area contributed by atoms with E-state index in [4.69, 9.17) is 23.2 Å². The van der Waals surface area contributed by atoms with Gasteiger partial charge in [0.15, 0.2) is 0 Å². The van der Waals surface area contributed by atoms with Crippen LogP contribution < -0.4 is 0 Å². The summed E-state index contributed by atoms with van der Waals surface area (Å²) in [7, 11) is 0. The molecule has 0 N–H and O–H groups in total. The normalized spacial score (nSPS) is 13.2. The monoisotopic (exact) mass is 270 g/mol. The van der Waals surface area contributed by atoms with Gasteiger partial charge in [0.2, 0.25) is 0 Å². The van der Waals surface area contributed by atoms with E-state index in [1.807, 2.05) is 25.1 Å². The maximum atomic E-state index is 6.18. The molecule has 0 bridgehead atoms. The number of hydrogen-bond donors (Lipinski definition) is 0. The predicted molar refractivity (Wildman–Crippen MR) is 73.9 cm³/mol. The molecule has 92 valence electrons. The second-order valence-electron chi connectivity index (χ2n) is 4.22. The molecule has 0 saturated heterocycles. The van der Waals surface area contributed by atoms with Gasteiger partial charge in [-0.15, -0.1) is 11.6 Å². The first-order valence-corrected chi connectivity index (χ1v) is 6.74. The van der Waals surface area contributed by atoms with Crippen molar-refractivity contribution in [2.75, 3.05) is 0 Å². The number of aryl methyl sites for hydroxylation is 1. The third-order valence-corrected chi connectivity index (χ3v) is 3.26. The highest BCUT2D eigenvalue weighted by Crippen LogP contribution is 2.26.